The molecule has 0 aliphatic carbocycles. The summed E-state index contributed by atoms with van der Waals surface area (Å²) in [5, 5.41) is 0. The highest BCUT2D eigenvalue weighted by atomic mass is 16.5. The maximum absolute atomic E-state index is 11.6. The van der Waals surface area contributed by atoms with Gasteiger partial charge < -0.3 is 14.4 Å². The van der Waals surface area contributed by atoms with Gasteiger partial charge in [-0.3, -0.25) is 4.79 Å². The third-order valence-corrected chi connectivity index (χ3v) is 2.94. The summed E-state index contributed by atoms with van der Waals surface area (Å²) in [4.78, 5) is 16.7. The molecule has 0 amide bonds. The second kappa shape index (κ2) is 6.62. The molecule has 1 aromatic rings. The molecule has 1 aliphatic heterocycles. The smallest absolute Gasteiger partial charge is 0.336 e. The highest BCUT2D eigenvalue weighted by Gasteiger charge is 2.23. The van der Waals surface area contributed by atoms with Gasteiger partial charge in [0.25, 0.3) is 5.70 Å². The zero-order valence-electron chi connectivity index (χ0n) is 12.0. The quantitative estimate of drug-likeness (QED) is 0.484. The predicted octanol–water partition coefficient (Wildman–Crippen LogP) is 3.11. The van der Waals surface area contributed by atoms with E-state index < -0.39 is 5.97 Å². The lowest BCUT2D eigenvalue weighted by Crippen LogP contribution is -2.19. The Bertz CT molecular complexity index is 641. The summed E-state index contributed by atoms with van der Waals surface area (Å²) in [5.74, 6) is 0.728. The van der Waals surface area contributed by atoms with Crippen LogP contribution in [0.5, 0.6) is 5.75 Å². The van der Waals surface area contributed by atoms with Crippen LogP contribution >= 0.6 is 0 Å². The van der Waals surface area contributed by atoms with Crippen LogP contribution in [-0.2, 0) is 9.53 Å². The molecule has 0 saturated carbocycles. The number of para-hydroxylation sites is 2. The first-order valence-corrected chi connectivity index (χ1v) is 6.72. The van der Waals surface area contributed by atoms with Gasteiger partial charge in [0.05, 0.1) is 18.9 Å². The Morgan fingerprint density at radius 3 is 2.86 bits per heavy atom. The van der Waals surface area contributed by atoms with E-state index in [0.29, 0.717) is 5.88 Å². The van der Waals surface area contributed by atoms with Crippen molar-refractivity contribution in [2.75, 3.05) is 18.1 Å². The first-order chi connectivity index (χ1) is 10.2. The summed E-state index contributed by atoms with van der Waals surface area (Å²) in [6.45, 7) is 11.7. The lowest BCUT2D eigenvalue weighted by molar-refractivity contribution is -0.138. The third-order valence-electron chi connectivity index (χ3n) is 2.94. The van der Waals surface area contributed by atoms with Gasteiger partial charge in [0.15, 0.2) is 11.6 Å². The van der Waals surface area contributed by atoms with Crippen molar-refractivity contribution in [3.05, 3.63) is 59.4 Å². The van der Waals surface area contributed by atoms with Crippen LogP contribution in [0, 0.1) is 6.57 Å². The Labute approximate surface area is 123 Å². The minimum absolute atomic E-state index is 0.0695. The number of benzene rings is 1. The Balaban J connectivity index is 2.26. The number of hydrogen-bond acceptors (Lipinski definition) is 4. The molecule has 0 atom stereocenters. The monoisotopic (exact) mass is 284 g/mol. The zero-order valence-corrected chi connectivity index (χ0v) is 12.0. The molecule has 0 spiro atoms. The summed E-state index contributed by atoms with van der Waals surface area (Å²) in [6.07, 6.45) is 3.04. The van der Waals surface area contributed by atoms with Crippen molar-refractivity contribution >= 4 is 11.7 Å². The minimum Gasteiger partial charge on any atom is -0.471 e. The molecule has 1 heterocycles. The molecule has 5 nitrogen and oxygen atoms in total. The average Bonchev–Trinajstić information content (AvgIpc) is 2.85. The highest BCUT2D eigenvalue weighted by molar-refractivity contribution is 5.90. The number of carbonyl (C=O) groups is 1. The van der Waals surface area contributed by atoms with Crippen LogP contribution in [0.2, 0.25) is 0 Å². The van der Waals surface area contributed by atoms with Crippen molar-refractivity contribution in [3.63, 3.8) is 0 Å². The van der Waals surface area contributed by atoms with Crippen LogP contribution < -0.4 is 9.64 Å². The van der Waals surface area contributed by atoms with Crippen molar-refractivity contribution in [1.82, 2.24) is 0 Å². The fraction of sp³-hybridized carbons (Fsp3) is 0.250. The van der Waals surface area contributed by atoms with E-state index in [1.54, 1.807) is 13.0 Å². The number of anilines is 1. The molecule has 1 aromatic carbocycles. The second-order valence-electron chi connectivity index (χ2n) is 4.20. The maximum atomic E-state index is 11.6. The van der Waals surface area contributed by atoms with Crippen LogP contribution in [0.4, 0.5) is 5.69 Å². The molecule has 5 heteroatoms. The van der Waals surface area contributed by atoms with E-state index in [0.717, 1.165) is 18.0 Å². The molecule has 108 valence electrons. The van der Waals surface area contributed by atoms with Crippen LogP contribution in [0.3, 0.4) is 0 Å². The van der Waals surface area contributed by atoms with Gasteiger partial charge in [-0.25, -0.2) is 4.85 Å². The molecule has 2 rings (SSSR count). The number of ether oxygens (including phenoxy) is 2. The summed E-state index contributed by atoms with van der Waals surface area (Å²) in [5.41, 5.74) is 0.903. The van der Waals surface area contributed by atoms with Gasteiger partial charge in [-0.2, -0.15) is 0 Å². The lowest BCUT2D eigenvalue weighted by Gasteiger charge is -2.14. The predicted molar refractivity (Wildman–Crippen MR) is 79.5 cm³/mol. The van der Waals surface area contributed by atoms with Crippen molar-refractivity contribution in [1.29, 1.82) is 0 Å². The number of carbonyl (C=O) groups excluding carboxylic acids is 1. The van der Waals surface area contributed by atoms with E-state index in [4.69, 9.17) is 16.0 Å². The van der Waals surface area contributed by atoms with E-state index in [1.807, 2.05) is 36.1 Å². The van der Waals surface area contributed by atoms with E-state index in [1.165, 1.54) is 6.08 Å². The SMILES string of the molecule is [C-]#[N+]/C(=C\C=C1/Oc2ccccc2N1CC)C(=O)OCC. The molecule has 21 heavy (non-hydrogen) atoms. The Morgan fingerprint density at radius 2 is 2.19 bits per heavy atom. The number of rotatable bonds is 4. The molecule has 0 saturated heterocycles. The van der Waals surface area contributed by atoms with Crippen molar-refractivity contribution in [2.24, 2.45) is 0 Å². The first kappa shape index (κ1) is 14.7. The largest absolute Gasteiger partial charge is 0.471 e. The second-order valence-corrected chi connectivity index (χ2v) is 4.20. The molecule has 0 aromatic heterocycles. The van der Waals surface area contributed by atoms with Crippen molar-refractivity contribution < 1.29 is 14.3 Å². The topological polar surface area (TPSA) is 43.1 Å². The van der Waals surface area contributed by atoms with Crippen LogP contribution in [0.15, 0.2) is 48.0 Å². The summed E-state index contributed by atoms with van der Waals surface area (Å²) in [7, 11) is 0. The van der Waals surface area contributed by atoms with Gasteiger partial charge in [-0.15, -0.1) is 0 Å². The fourth-order valence-electron chi connectivity index (χ4n) is 2.01. The number of hydrogen-bond donors (Lipinski definition) is 0. The third kappa shape index (κ3) is 3.06. The van der Waals surface area contributed by atoms with Gasteiger partial charge in [-0.05, 0) is 38.1 Å². The lowest BCUT2D eigenvalue weighted by atomic mass is 10.3. The van der Waals surface area contributed by atoms with E-state index in [2.05, 4.69) is 4.85 Å². The van der Waals surface area contributed by atoms with Gasteiger partial charge in [0.2, 0.25) is 0 Å². The summed E-state index contributed by atoms with van der Waals surface area (Å²) >= 11 is 0. The average molecular weight is 284 g/mol. The van der Waals surface area contributed by atoms with Gasteiger partial charge >= 0.3 is 5.97 Å². The minimum atomic E-state index is -0.622. The fourth-order valence-corrected chi connectivity index (χ4v) is 2.01. The number of esters is 1. The maximum Gasteiger partial charge on any atom is 0.336 e. The summed E-state index contributed by atoms with van der Waals surface area (Å²) < 4.78 is 10.6. The normalized spacial score (nSPS) is 15.4. The number of nitrogens with zero attached hydrogens (tertiary/aromatic N) is 2. The zero-order chi connectivity index (χ0) is 15.2. The van der Waals surface area contributed by atoms with Crippen molar-refractivity contribution in [2.45, 2.75) is 13.8 Å². The standard InChI is InChI=1S/C16H16N2O3/c1-4-18-13-8-6-7-9-14(13)21-15(18)11-10-12(17-3)16(19)20-5-2/h6-11H,4-5H2,1-2H3/b12-10-,15-11-. The first-order valence-electron chi connectivity index (χ1n) is 6.72. The highest BCUT2D eigenvalue weighted by Crippen LogP contribution is 2.38. The van der Waals surface area contributed by atoms with E-state index in [-0.39, 0.29) is 12.3 Å². The van der Waals surface area contributed by atoms with Crippen molar-refractivity contribution in [3.8, 4) is 5.75 Å². The Hall–Kier alpha value is -2.74. The Kier molecular flexibility index (Phi) is 4.62. The molecule has 1 aliphatic rings. The molecule has 0 radical (unpaired) electrons. The van der Waals surface area contributed by atoms with E-state index in [9.17, 15) is 4.79 Å². The van der Waals surface area contributed by atoms with Gasteiger partial charge in [-0.1, -0.05) is 12.1 Å². The molecular weight excluding hydrogens is 268 g/mol. The summed E-state index contributed by atoms with van der Waals surface area (Å²) in [6, 6.07) is 7.68. The number of fused-ring (bicyclic) bond motifs is 1. The molecule has 0 N–H and O–H groups in total. The molecule has 0 unspecified atom stereocenters. The Morgan fingerprint density at radius 1 is 1.43 bits per heavy atom. The molecular formula is C16H16N2O3. The van der Waals surface area contributed by atoms with Crippen LogP contribution in [-0.4, -0.2) is 19.1 Å². The number of allylic oxidation sites excluding steroid dienone is 2. The van der Waals surface area contributed by atoms with E-state index >= 15 is 0 Å². The van der Waals surface area contributed by atoms with Crippen LogP contribution in [0.1, 0.15) is 13.8 Å². The van der Waals surface area contributed by atoms with Gasteiger partial charge in [0.1, 0.15) is 0 Å². The van der Waals surface area contributed by atoms with Gasteiger partial charge in [0, 0.05) is 6.54 Å². The molecule has 0 bridgehead atoms. The molecule has 0 fully saturated rings. The van der Waals surface area contributed by atoms with Crippen LogP contribution in [0.25, 0.3) is 4.85 Å².